The van der Waals surface area contributed by atoms with Crippen LogP contribution in [0.2, 0.25) is 0 Å². The van der Waals surface area contributed by atoms with Gasteiger partial charge in [0.25, 0.3) is 0 Å². The molecule has 5 heteroatoms. The third kappa shape index (κ3) is 3.23. The quantitative estimate of drug-likeness (QED) is 0.802. The van der Waals surface area contributed by atoms with E-state index in [1.165, 1.54) is 25.7 Å². The number of carbonyl (C=O) groups excluding carboxylic acids is 1. The summed E-state index contributed by atoms with van der Waals surface area (Å²) in [6, 6.07) is 10.0. The Bertz CT molecular complexity index is 848. The van der Waals surface area contributed by atoms with Crippen LogP contribution < -0.4 is 5.32 Å². The van der Waals surface area contributed by atoms with Gasteiger partial charge in [-0.05, 0) is 48.9 Å². The molecule has 2 fully saturated rings. The van der Waals surface area contributed by atoms with Gasteiger partial charge in [-0.2, -0.15) is 0 Å². The first kappa shape index (κ1) is 17.2. The van der Waals surface area contributed by atoms with Crippen molar-refractivity contribution >= 4 is 22.7 Å². The number of fused-ring (bicyclic) bond motifs is 2. The number of aliphatic carboxylic acids is 1. The van der Waals surface area contributed by atoms with Crippen LogP contribution in [0.3, 0.4) is 0 Å². The molecule has 2 heterocycles. The van der Waals surface area contributed by atoms with Crippen molar-refractivity contribution in [1.29, 1.82) is 0 Å². The second-order valence-electron chi connectivity index (χ2n) is 7.53. The highest BCUT2D eigenvalue weighted by molar-refractivity contribution is 5.99. The number of hydrogen-bond acceptors (Lipinski definition) is 4. The zero-order valence-corrected chi connectivity index (χ0v) is 14.8. The Labute approximate surface area is 152 Å². The predicted octanol–water partition coefficient (Wildman–Crippen LogP) is 3.73. The van der Waals surface area contributed by atoms with Crippen LogP contribution in [0.25, 0.3) is 10.9 Å². The number of nitrogens with zero attached hydrogens (tertiary/aromatic N) is 1. The van der Waals surface area contributed by atoms with E-state index in [0.29, 0.717) is 17.5 Å². The number of pyridine rings is 1. The standard InChI is InChI=1S/C21H24N2O3/c24-18(9-10-19(25)26)21-16(11-13-5-2-4-8-17(13)23-21)20-15-7-3-1-6-14(15)12-22-20/h2,4-5,8,11,14-15,20,22H,1,3,6-7,9-10,12H2,(H,25,26). The van der Waals surface area contributed by atoms with Gasteiger partial charge in [0.05, 0.1) is 11.9 Å². The molecule has 3 unspecified atom stereocenters. The van der Waals surface area contributed by atoms with Crippen molar-refractivity contribution in [3.63, 3.8) is 0 Å². The van der Waals surface area contributed by atoms with E-state index in [1.54, 1.807) is 0 Å². The molecule has 0 bridgehead atoms. The number of aromatic nitrogens is 1. The molecule has 5 nitrogen and oxygen atoms in total. The third-order valence-electron chi connectivity index (χ3n) is 5.91. The molecule has 1 saturated heterocycles. The maximum absolute atomic E-state index is 12.8. The first-order chi connectivity index (χ1) is 12.6. The minimum absolute atomic E-state index is 0.00547. The molecule has 136 valence electrons. The fourth-order valence-corrected chi connectivity index (χ4v) is 4.63. The Morgan fingerprint density at radius 1 is 1.15 bits per heavy atom. The maximum atomic E-state index is 12.8. The summed E-state index contributed by atoms with van der Waals surface area (Å²) in [6.07, 6.45) is 4.79. The lowest BCUT2D eigenvalue weighted by atomic mass is 9.76. The molecule has 1 aromatic heterocycles. The van der Waals surface area contributed by atoms with Gasteiger partial charge in [0.2, 0.25) is 0 Å². The summed E-state index contributed by atoms with van der Waals surface area (Å²) in [6.45, 7) is 0.991. The summed E-state index contributed by atoms with van der Waals surface area (Å²) in [5.41, 5.74) is 2.19. The van der Waals surface area contributed by atoms with Gasteiger partial charge in [0, 0.05) is 17.8 Å². The molecule has 1 aliphatic carbocycles. The van der Waals surface area contributed by atoms with Crippen LogP contribution in [-0.2, 0) is 4.79 Å². The molecule has 3 atom stereocenters. The smallest absolute Gasteiger partial charge is 0.303 e. The lowest BCUT2D eigenvalue weighted by Gasteiger charge is -2.29. The Morgan fingerprint density at radius 3 is 2.81 bits per heavy atom. The first-order valence-corrected chi connectivity index (χ1v) is 9.51. The van der Waals surface area contributed by atoms with E-state index in [1.807, 2.05) is 24.3 Å². The molecule has 26 heavy (non-hydrogen) atoms. The number of rotatable bonds is 5. The van der Waals surface area contributed by atoms with Crippen molar-refractivity contribution in [2.45, 2.75) is 44.6 Å². The van der Waals surface area contributed by atoms with E-state index in [9.17, 15) is 9.59 Å². The van der Waals surface area contributed by atoms with E-state index >= 15 is 0 Å². The fraction of sp³-hybridized carbons (Fsp3) is 0.476. The third-order valence-corrected chi connectivity index (χ3v) is 5.91. The Morgan fingerprint density at radius 2 is 1.96 bits per heavy atom. The summed E-state index contributed by atoms with van der Waals surface area (Å²) in [4.78, 5) is 28.3. The Kier molecular flexibility index (Phi) is 4.72. The highest BCUT2D eigenvalue weighted by Crippen LogP contribution is 2.44. The van der Waals surface area contributed by atoms with Gasteiger partial charge in [0.15, 0.2) is 5.78 Å². The SMILES string of the molecule is O=C(O)CCC(=O)c1nc2ccccc2cc1C1NCC2CCCCC21. The zero-order valence-electron chi connectivity index (χ0n) is 14.8. The van der Waals surface area contributed by atoms with Gasteiger partial charge in [0.1, 0.15) is 5.69 Å². The van der Waals surface area contributed by atoms with Gasteiger partial charge >= 0.3 is 5.97 Å². The topological polar surface area (TPSA) is 79.3 Å². The Balaban J connectivity index is 1.75. The number of para-hydroxylation sites is 1. The summed E-state index contributed by atoms with van der Waals surface area (Å²) in [7, 11) is 0. The molecular weight excluding hydrogens is 328 g/mol. The van der Waals surface area contributed by atoms with Crippen molar-refractivity contribution in [3.8, 4) is 0 Å². The first-order valence-electron chi connectivity index (χ1n) is 9.51. The molecule has 4 rings (SSSR count). The molecule has 2 aliphatic rings. The lowest BCUT2D eigenvalue weighted by molar-refractivity contribution is -0.136. The molecule has 0 spiro atoms. The minimum atomic E-state index is -0.952. The number of carboxylic acids is 1. The predicted molar refractivity (Wildman–Crippen MR) is 99.1 cm³/mol. The van der Waals surface area contributed by atoms with Gasteiger partial charge in [-0.1, -0.05) is 31.0 Å². The summed E-state index contributed by atoms with van der Waals surface area (Å²) in [5, 5.41) is 13.6. The highest BCUT2D eigenvalue weighted by atomic mass is 16.4. The van der Waals surface area contributed by atoms with Crippen LogP contribution in [0, 0.1) is 11.8 Å². The van der Waals surface area contributed by atoms with Crippen molar-refractivity contribution in [3.05, 3.63) is 41.6 Å². The average Bonchev–Trinajstić information content (AvgIpc) is 3.09. The number of nitrogens with one attached hydrogen (secondary N) is 1. The van der Waals surface area contributed by atoms with Crippen molar-refractivity contribution < 1.29 is 14.7 Å². The number of carboxylic acid groups (broad SMARTS) is 1. The lowest BCUT2D eigenvalue weighted by Crippen LogP contribution is -2.23. The molecule has 1 aliphatic heterocycles. The highest BCUT2D eigenvalue weighted by Gasteiger charge is 2.39. The molecule has 0 radical (unpaired) electrons. The van der Waals surface area contributed by atoms with Crippen molar-refractivity contribution in [2.24, 2.45) is 11.8 Å². The normalized spacial score (nSPS) is 25.2. The molecule has 1 saturated carbocycles. The van der Waals surface area contributed by atoms with Crippen LogP contribution in [0.15, 0.2) is 30.3 Å². The average molecular weight is 352 g/mol. The van der Waals surface area contributed by atoms with E-state index in [4.69, 9.17) is 5.11 Å². The van der Waals surface area contributed by atoms with Gasteiger partial charge in [-0.15, -0.1) is 0 Å². The summed E-state index contributed by atoms with van der Waals surface area (Å²) < 4.78 is 0. The molecule has 0 amide bonds. The molecule has 2 N–H and O–H groups in total. The zero-order chi connectivity index (χ0) is 18.1. The second-order valence-corrected chi connectivity index (χ2v) is 7.53. The fourth-order valence-electron chi connectivity index (χ4n) is 4.63. The maximum Gasteiger partial charge on any atom is 0.303 e. The van der Waals surface area contributed by atoms with Gasteiger partial charge in [-0.3, -0.25) is 9.59 Å². The van der Waals surface area contributed by atoms with E-state index in [0.717, 1.165) is 23.0 Å². The minimum Gasteiger partial charge on any atom is -0.481 e. The van der Waals surface area contributed by atoms with E-state index in [-0.39, 0.29) is 24.7 Å². The molecular formula is C21H24N2O3. The molecule has 2 aromatic rings. The number of carbonyl (C=O) groups is 2. The number of Topliss-reactive ketones (excluding diaryl/α,β-unsaturated/α-hetero) is 1. The Hall–Kier alpha value is -2.27. The summed E-state index contributed by atoms with van der Waals surface area (Å²) >= 11 is 0. The molecule has 1 aromatic carbocycles. The van der Waals surface area contributed by atoms with Crippen LogP contribution in [0.1, 0.15) is 60.6 Å². The van der Waals surface area contributed by atoms with Gasteiger partial charge < -0.3 is 10.4 Å². The van der Waals surface area contributed by atoms with Crippen LogP contribution >= 0.6 is 0 Å². The summed E-state index contributed by atoms with van der Waals surface area (Å²) in [5.74, 6) is 0.0844. The van der Waals surface area contributed by atoms with Crippen LogP contribution in [0.5, 0.6) is 0 Å². The number of ketones is 1. The number of hydrogen-bond donors (Lipinski definition) is 2. The van der Waals surface area contributed by atoms with Crippen molar-refractivity contribution in [1.82, 2.24) is 10.3 Å². The van der Waals surface area contributed by atoms with Crippen LogP contribution in [0.4, 0.5) is 0 Å². The van der Waals surface area contributed by atoms with E-state index < -0.39 is 5.97 Å². The second kappa shape index (κ2) is 7.16. The van der Waals surface area contributed by atoms with Gasteiger partial charge in [-0.25, -0.2) is 4.98 Å². The van der Waals surface area contributed by atoms with Crippen LogP contribution in [-0.4, -0.2) is 28.4 Å². The van der Waals surface area contributed by atoms with E-state index in [2.05, 4.69) is 16.4 Å². The van der Waals surface area contributed by atoms with Crippen molar-refractivity contribution in [2.75, 3.05) is 6.54 Å². The largest absolute Gasteiger partial charge is 0.481 e. The number of benzene rings is 1. The monoisotopic (exact) mass is 352 g/mol.